The summed E-state index contributed by atoms with van der Waals surface area (Å²) < 4.78 is 14.8. The minimum atomic E-state index is -0.121. The van der Waals surface area contributed by atoms with Crippen molar-refractivity contribution in [1.29, 1.82) is 0 Å². The Kier molecular flexibility index (Phi) is 9.19. The summed E-state index contributed by atoms with van der Waals surface area (Å²) in [6.07, 6.45) is 15.7. The summed E-state index contributed by atoms with van der Waals surface area (Å²) in [6.45, 7) is 6.03. The van der Waals surface area contributed by atoms with E-state index in [1.807, 2.05) is 36.4 Å². The number of allylic oxidation sites excluding steroid dienone is 1. The van der Waals surface area contributed by atoms with Gasteiger partial charge in [0, 0.05) is 16.5 Å². The largest absolute Gasteiger partial charge is 0.206 e. The quantitative estimate of drug-likeness (QED) is 0.218. The van der Waals surface area contributed by atoms with Gasteiger partial charge in [-0.15, -0.1) is 6.58 Å². The first-order valence-electron chi connectivity index (χ1n) is 13.6. The molecule has 1 fully saturated rings. The van der Waals surface area contributed by atoms with Crippen molar-refractivity contribution in [3.8, 4) is 11.8 Å². The molecule has 1 aliphatic rings. The molecule has 0 radical (unpaired) electrons. The van der Waals surface area contributed by atoms with E-state index in [2.05, 4.69) is 49.6 Å². The van der Waals surface area contributed by atoms with Crippen LogP contribution in [0.2, 0.25) is 0 Å². The molecular weight excluding hydrogens is 427 g/mol. The van der Waals surface area contributed by atoms with Gasteiger partial charge in [0.25, 0.3) is 0 Å². The molecule has 0 saturated heterocycles. The van der Waals surface area contributed by atoms with E-state index in [9.17, 15) is 4.39 Å². The molecule has 0 N–H and O–H groups in total. The highest BCUT2D eigenvalue weighted by Gasteiger charge is 2.20. The van der Waals surface area contributed by atoms with Gasteiger partial charge in [0.2, 0.25) is 0 Å². The van der Waals surface area contributed by atoms with Crippen LogP contribution in [0.4, 0.5) is 4.39 Å². The SMILES string of the molecule is C=CCCc1ccc2cc(C#Cc3ccc(CCC4CCC(CCCC)CC4)cc3)ccc2c1F. The molecule has 3 aromatic rings. The van der Waals surface area contributed by atoms with Crippen LogP contribution in [0.25, 0.3) is 10.8 Å². The first-order chi connectivity index (χ1) is 17.2. The van der Waals surface area contributed by atoms with Crippen LogP contribution in [-0.4, -0.2) is 0 Å². The third kappa shape index (κ3) is 7.08. The molecule has 4 rings (SSSR count). The predicted octanol–water partition coefficient (Wildman–Crippen LogP) is 9.43. The van der Waals surface area contributed by atoms with Gasteiger partial charge in [-0.2, -0.15) is 0 Å². The second-order valence-corrected chi connectivity index (χ2v) is 10.3. The number of fused-ring (bicyclic) bond motifs is 1. The van der Waals surface area contributed by atoms with E-state index in [-0.39, 0.29) is 5.82 Å². The van der Waals surface area contributed by atoms with Crippen molar-refractivity contribution >= 4 is 10.8 Å². The highest BCUT2D eigenvalue weighted by atomic mass is 19.1. The molecule has 0 spiro atoms. The Morgan fingerprint density at radius 2 is 1.54 bits per heavy atom. The number of unbranched alkanes of at least 4 members (excludes halogenated alkanes) is 1. The number of hydrogen-bond donors (Lipinski definition) is 0. The monoisotopic (exact) mass is 466 g/mol. The summed E-state index contributed by atoms with van der Waals surface area (Å²) in [7, 11) is 0. The fourth-order valence-electron chi connectivity index (χ4n) is 5.44. The van der Waals surface area contributed by atoms with Crippen molar-refractivity contribution in [2.24, 2.45) is 11.8 Å². The summed E-state index contributed by atoms with van der Waals surface area (Å²) in [6, 6.07) is 18.4. The maximum atomic E-state index is 14.8. The first-order valence-corrected chi connectivity index (χ1v) is 13.6. The number of halogens is 1. The van der Waals surface area contributed by atoms with Crippen LogP contribution >= 0.6 is 0 Å². The highest BCUT2D eigenvalue weighted by molar-refractivity contribution is 5.85. The topological polar surface area (TPSA) is 0 Å². The lowest BCUT2D eigenvalue weighted by Gasteiger charge is -2.28. The van der Waals surface area contributed by atoms with Crippen LogP contribution in [0.3, 0.4) is 0 Å². The van der Waals surface area contributed by atoms with Crippen LogP contribution in [0.1, 0.15) is 87.0 Å². The summed E-state index contributed by atoms with van der Waals surface area (Å²) in [5.74, 6) is 8.31. The Morgan fingerprint density at radius 1 is 0.857 bits per heavy atom. The average molecular weight is 467 g/mol. The molecule has 1 saturated carbocycles. The lowest BCUT2D eigenvalue weighted by Crippen LogP contribution is -2.15. The summed E-state index contributed by atoms with van der Waals surface area (Å²) in [5.41, 5.74) is 4.10. The van der Waals surface area contributed by atoms with Crippen molar-refractivity contribution in [2.45, 2.75) is 77.6 Å². The van der Waals surface area contributed by atoms with Crippen molar-refractivity contribution in [1.82, 2.24) is 0 Å². The molecule has 1 aliphatic carbocycles. The zero-order chi connectivity index (χ0) is 24.5. The molecule has 0 aliphatic heterocycles. The number of hydrogen-bond acceptors (Lipinski definition) is 0. The maximum Gasteiger partial charge on any atom is 0.134 e. The Morgan fingerprint density at radius 3 is 2.26 bits per heavy atom. The Hall–Kier alpha value is -2.85. The van der Waals surface area contributed by atoms with Crippen molar-refractivity contribution in [3.05, 3.63) is 95.3 Å². The van der Waals surface area contributed by atoms with Crippen LogP contribution in [0, 0.1) is 29.5 Å². The van der Waals surface area contributed by atoms with Gasteiger partial charge in [0.05, 0.1) is 0 Å². The third-order valence-corrected chi connectivity index (χ3v) is 7.73. The molecule has 0 bridgehead atoms. The zero-order valence-corrected chi connectivity index (χ0v) is 21.3. The molecule has 182 valence electrons. The molecule has 0 atom stereocenters. The van der Waals surface area contributed by atoms with Crippen LogP contribution in [0.15, 0.2) is 67.3 Å². The minimum Gasteiger partial charge on any atom is -0.206 e. The summed E-state index contributed by atoms with van der Waals surface area (Å²) >= 11 is 0. The standard InChI is InChI=1S/C34H39F/c1-3-5-7-26-9-11-27(12-10-26)13-14-28-15-17-29(18-16-28)19-20-30-21-24-33-32(25-30)23-22-31(34(33)35)8-6-4-2/h4,15-18,21-27H,2-3,5-14H2,1H3. The fourth-order valence-corrected chi connectivity index (χ4v) is 5.44. The minimum absolute atomic E-state index is 0.121. The lowest BCUT2D eigenvalue weighted by atomic mass is 9.78. The molecule has 35 heavy (non-hydrogen) atoms. The normalized spacial score (nSPS) is 17.7. The molecule has 0 aromatic heterocycles. The Balaban J connectivity index is 1.32. The summed E-state index contributed by atoms with van der Waals surface area (Å²) in [5, 5.41) is 1.56. The fraction of sp³-hybridized carbons (Fsp3) is 0.412. The van der Waals surface area contributed by atoms with E-state index in [4.69, 9.17) is 0 Å². The van der Waals surface area contributed by atoms with E-state index in [1.54, 1.807) is 0 Å². The molecule has 3 aromatic carbocycles. The molecule has 0 heterocycles. The first kappa shape index (κ1) is 25.2. The van der Waals surface area contributed by atoms with Crippen molar-refractivity contribution in [3.63, 3.8) is 0 Å². The Bertz CT molecular complexity index is 1170. The van der Waals surface area contributed by atoms with Crippen molar-refractivity contribution < 1.29 is 4.39 Å². The van der Waals surface area contributed by atoms with Crippen molar-refractivity contribution in [2.75, 3.05) is 0 Å². The van der Waals surface area contributed by atoms with Gasteiger partial charge in [0.1, 0.15) is 5.82 Å². The van der Waals surface area contributed by atoms with E-state index in [1.165, 1.54) is 63.4 Å². The highest BCUT2D eigenvalue weighted by Crippen LogP contribution is 2.34. The van der Waals surface area contributed by atoms with Crippen LogP contribution in [0.5, 0.6) is 0 Å². The molecule has 0 unspecified atom stereocenters. The second kappa shape index (κ2) is 12.7. The van der Waals surface area contributed by atoms with Gasteiger partial charge < -0.3 is 0 Å². The Labute approximate surface area is 211 Å². The number of rotatable bonds is 9. The van der Waals surface area contributed by atoms with Gasteiger partial charge in [0.15, 0.2) is 0 Å². The smallest absolute Gasteiger partial charge is 0.134 e. The van der Waals surface area contributed by atoms with E-state index < -0.39 is 0 Å². The lowest BCUT2D eigenvalue weighted by molar-refractivity contribution is 0.250. The van der Waals surface area contributed by atoms with Gasteiger partial charge in [-0.05, 0) is 78.3 Å². The van der Waals surface area contributed by atoms with E-state index >= 15 is 0 Å². The predicted molar refractivity (Wildman–Crippen MR) is 148 cm³/mol. The van der Waals surface area contributed by atoms with Crippen LogP contribution in [-0.2, 0) is 12.8 Å². The van der Waals surface area contributed by atoms with E-state index in [0.717, 1.165) is 40.3 Å². The van der Waals surface area contributed by atoms with Crippen LogP contribution < -0.4 is 0 Å². The van der Waals surface area contributed by atoms with Gasteiger partial charge in [-0.3, -0.25) is 0 Å². The van der Waals surface area contributed by atoms with Gasteiger partial charge in [-0.1, -0.05) is 100 Å². The number of benzene rings is 3. The second-order valence-electron chi connectivity index (χ2n) is 10.3. The zero-order valence-electron chi connectivity index (χ0n) is 21.3. The molecule has 0 amide bonds. The van der Waals surface area contributed by atoms with E-state index in [0.29, 0.717) is 11.8 Å². The molecule has 1 heteroatoms. The molecule has 0 nitrogen and oxygen atoms in total. The third-order valence-electron chi connectivity index (χ3n) is 7.73. The average Bonchev–Trinajstić information content (AvgIpc) is 2.90. The van der Waals surface area contributed by atoms with Gasteiger partial charge >= 0.3 is 0 Å². The summed E-state index contributed by atoms with van der Waals surface area (Å²) in [4.78, 5) is 0. The molecular formula is C34H39F. The maximum absolute atomic E-state index is 14.8. The number of aryl methyl sites for hydroxylation is 2. The van der Waals surface area contributed by atoms with Gasteiger partial charge in [-0.25, -0.2) is 4.39 Å².